The smallest absolute Gasteiger partial charge is 0.306 e. The number of hydrogen-bond acceptors (Lipinski definition) is 6. The largest absolute Gasteiger partial charge is 0.462 e. The molecule has 0 heterocycles. The van der Waals surface area contributed by atoms with Crippen LogP contribution in [0.4, 0.5) is 0 Å². The van der Waals surface area contributed by atoms with Gasteiger partial charge in [0.1, 0.15) is 13.2 Å². The van der Waals surface area contributed by atoms with Crippen LogP contribution in [0.2, 0.25) is 0 Å². The van der Waals surface area contributed by atoms with E-state index in [9.17, 15) is 14.4 Å². The second-order valence-corrected chi connectivity index (χ2v) is 22.0. The van der Waals surface area contributed by atoms with Crippen molar-refractivity contribution in [2.45, 2.75) is 361 Å². The van der Waals surface area contributed by atoms with Gasteiger partial charge >= 0.3 is 17.9 Å². The Morgan fingerprint density at radius 3 is 0.836 bits per heavy atom. The molecule has 1 unspecified atom stereocenters. The summed E-state index contributed by atoms with van der Waals surface area (Å²) in [5.41, 5.74) is 0. The predicted octanol–water partition coefficient (Wildman–Crippen LogP) is 22.0. The molecule has 0 amide bonds. The molecule has 0 aliphatic carbocycles. The normalized spacial score (nSPS) is 12.2. The van der Waals surface area contributed by atoms with Crippen molar-refractivity contribution in [1.29, 1.82) is 0 Å². The van der Waals surface area contributed by atoms with E-state index >= 15 is 0 Å². The summed E-state index contributed by atoms with van der Waals surface area (Å²) in [6.07, 6.45) is 76.0. The summed E-state index contributed by atoms with van der Waals surface area (Å²) in [7, 11) is 0. The Hall–Kier alpha value is -2.37. The van der Waals surface area contributed by atoms with Crippen molar-refractivity contribution in [3.8, 4) is 0 Å². The number of hydrogen-bond donors (Lipinski definition) is 0. The van der Waals surface area contributed by atoms with Crippen LogP contribution in [0.1, 0.15) is 355 Å². The topological polar surface area (TPSA) is 78.9 Å². The Balaban J connectivity index is 4.16. The summed E-state index contributed by atoms with van der Waals surface area (Å²) >= 11 is 0. The van der Waals surface area contributed by atoms with E-state index in [4.69, 9.17) is 14.2 Å². The molecule has 0 bridgehead atoms. The molecule has 0 N–H and O–H groups in total. The van der Waals surface area contributed by atoms with Gasteiger partial charge in [-0.05, 0) is 51.4 Å². The minimum absolute atomic E-state index is 0.0711. The first kappa shape index (κ1) is 70.6. The average molecular weight is 1030 g/mol. The lowest BCUT2D eigenvalue weighted by Crippen LogP contribution is -2.30. The summed E-state index contributed by atoms with van der Waals surface area (Å²) in [6, 6.07) is 0. The number of carbonyl (C=O) groups is 3. The zero-order valence-electron chi connectivity index (χ0n) is 49.2. The number of esters is 3. The number of rotatable bonds is 60. The molecule has 1 atom stereocenters. The first-order valence-electron chi connectivity index (χ1n) is 32.5. The van der Waals surface area contributed by atoms with Gasteiger partial charge in [0, 0.05) is 19.3 Å². The minimum atomic E-state index is -0.774. The van der Waals surface area contributed by atoms with Crippen LogP contribution < -0.4 is 0 Å². The fourth-order valence-corrected chi connectivity index (χ4v) is 9.81. The lowest BCUT2D eigenvalue weighted by molar-refractivity contribution is -0.167. The molecule has 0 spiro atoms. The van der Waals surface area contributed by atoms with E-state index in [1.807, 2.05) is 0 Å². The van der Waals surface area contributed by atoms with Crippen LogP contribution in [-0.2, 0) is 28.6 Å². The maximum absolute atomic E-state index is 12.9. The van der Waals surface area contributed by atoms with Crippen molar-refractivity contribution in [3.05, 3.63) is 36.5 Å². The Morgan fingerprint density at radius 1 is 0.288 bits per heavy atom. The summed E-state index contributed by atoms with van der Waals surface area (Å²) in [5.74, 6) is -0.859. The zero-order valence-corrected chi connectivity index (χ0v) is 49.2. The Morgan fingerprint density at radius 2 is 0.534 bits per heavy atom. The molecule has 428 valence electrons. The van der Waals surface area contributed by atoms with E-state index in [1.54, 1.807) is 0 Å². The van der Waals surface area contributed by atoms with E-state index < -0.39 is 6.10 Å². The average Bonchev–Trinajstić information content (AvgIpc) is 3.39. The van der Waals surface area contributed by atoms with Crippen molar-refractivity contribution in [2.75, 3.05) is 13.2 Å². The number of allylic oxidation sites excluding steroid dienone is 6. The third-order valence-electron chi connectivity index (χ3n) is 14.7. The lowest BCUT2D eigenvalue weighted by atomic mass is 10.0. The predicted molar refractivity (Wildman–Crippen MR) is 316 cm³/mol. The SMILES string of the molecule is CC/C=C\C/C=C\C/C=C\CCCCCCCCCC(=O)OC(COC(=O)CCCCCCCCCCCCC)COC(=O)CCCCCCCCCCCCCCCCCCCCCCCCCCCCC. The molecule has 0 aromatic rings. The molecule has 6 heteroatoms. The first-order valence-corrected chi connectivity index (χ1v) is 32.5. The minimum Gasteiger partial charge on any atom is -0.462 e. The van der Waals surface area contributed by atoms with E-state index in [1.165, 1.54) is 231 Å². The molecular weight excluding hydrogens is 901 g/mol. The quantitative estimate of drug-likeness (QED) is 0.0261. The summed E-state index contributed by atoms with van der Waals surface area (Å²) < 4.78 is 16.9. The molecule has 0 saturated carbocycles. The standard InChI is InChI=1S/C67H124O6/c1-4-7-10-13-16-19-22-24-26-28-29-30-31-32-33-34-35-36-37-39-40-42-45-48-51-54-57-60-66(69)72-63-64(62-71-65(68)59-56-53-50-47-44-21-18-15-12-9-6-3)73-67(70)61-58-55-52-49-46-43-41-38-27-25-23-20-17-14-11-8-5-2/h8,11,17,20,25,27,64H,4-7,9-10,12-16,18-19,21-24,26,28-63H2,1-3H3/b11-8-,20-17-,27-25-. The Kier molecular flexibility index (Phi) is 60.2. The molecule has 0 aromatic heterocycles. The molecule has 0 aliphatic rings. The van der Waals surface area contributed by atoms with Gasteiger partial charge < -0.3 is 14.2 Å². The monoisotopic (exact) mass is 1020 g/mol. The second kappa shape index (κ2) is 62.2. The van der Waals surface area contributed by atoms with Gasteiger partial charge in [-0.15, -0.1) is 0 Å². The van der Waals surface area contributed by atoms with Crippen LogP contribution in [0.5, 0.6) is 0 Å². The van der Waals surface area contributed by atoms with Gasteiger partial charge in [-0.25, -0.2) is 0 Å². The molecule has 73 heavy (non-hydrogen) atoms. The fourth-order valence-electron chi connectivity index (χ4n) is 9.81. The highest BCUT2D eigenvalue weighted by molar-refractivity contribution is 5.71. The van der Waals surface area contributed by atoms with Crippen LogP contribution in [0, 0.1) is 0 Å². The van der Waals surface area contributed by atoms with Crippen LogP contribution in [0.3, 0.4) is 0 Å². The van der Waals surface area contributed by atoms with E-state index in [2.05, 4.69) is 57.2 Å². The highest BCUT2D eigenvalue weighted by Gasteiger charge is 2.19. The van der Waals surface area contributed by atoms with E-state index in [-0.39, 0.29) is 31.1 Å². The zero-order chi connectivity index (χ0) is 52.9. The molecule has 6 nitrogen and oxygen atoms in total. The van der Waals surface area contributed by atoms with Crippen LogP contribution in [-0.4, -0.2) is 37.2 Å². The maximum atomic E-state index is 12.9. The van der Waals surface area contributed by atoms with Crippen molar-refractivity contribution < 1.29 is 28.6 Å². The number of ether oxygens (including phenoxy) is 3. The summed E-state index contributed by atoms with van der Waals surface area (Å²) in [5, 5.41) is 0. The highest BCUT2D eigenvalue weighted by Crippen LogP contribution is 2.18. The molecule has 0 saturated heterocycles. The van der Waals surface area contributed by atoms with Gasteiger partial charge in [-0.1, -0.05) is 320 Å². The summed E-state index contributed by atoms with van der Waals surface area (Å²) in [6.45, 7) is 6.57. The van der Waals surface area contributed by atoms with Crippen LogP contribution >= 0.6 is 0 Å². The summed E-state index contributed by atoms with van der Waals surface area (Å²) in [4.78, 5) is 38.2. The van der Waals surface area contributed by atoms with Gasteiger partial charge in [0.2, 0.25) is 0 Å². The van der Waals surface area contributed by atoms with Gasteiger partial charge in [-0.3, -0.25) is 14.4 Å². The van der Waals surface area contributed by atoms with Gasteiger partial charge in [0.25, 0.3) is 0 Å². The number of carbonyl (C=O) groups excluding carboxylic acids is 3. The van der Waals surface area contributed by atoms with Crippen LogP contribution in [0.25, 0.3) is 0 Å². The third kappa shape index (κ3) is 60.4. The maximum Gasteiger partial charge on any atom is 0.306 e. The second-order valence-electron chi connectivity index (χ2n) is 22.0. The third-order valence-corrected chi connectivity index (χ3v) is 14.7. The van der Waals surface area contributed by atoms with Crippen molar-refractivity contribution in [1.82, 2.24) is 0 Å². The Labute approximate surface area is 455 Å². The van der Waals surface area contributed by atoms with Gasteiger partial charge in [-0.2, -0.15) is 0 Å². The van der Waals surface area contributed by atoms with Crippen molar-refractivity contribution >= 4 is 17.9 Å². The molecule has 0 fully saturated rings. The molecular formula is C67H124O6. The molecule has 0 radical (unpaired) electrons. The molecule has 0 aromatic carbocycles. The molecule has 0 aliphatic heterocycles. The van der Waals surface area contributed by atoms with Crippen molar-refractivity contribution in [2.24, 2.45) is 0 Å². The first-order chi connectivity index (χ1) is 36.0. The lowest BCUT2D eigenvalue weighted by Gasteiger charge is -2.18. The Bertz CT molecular complexity index is 1220. The van der Waals surface area contributed by atoms with Gasteiger partial charge in [0.15, 0.2) is 6.10 Å². The molecule has 0 rings (SSSR count). The van der Waals surface area contributed by atoms with Gasteiger partial charge in [0.05, 0.1) is 0 Å². The van der Waals surface area contributed by atoms with E-state index in [0.29, 0.717) is 19.3 Å². The fraction of sp³-hybridized carbons (Fsp3) is 0.866. The number of unbranched alkanes of at least 4 members (excludes halogenated alkanes) is 43. The van der Waals surface area contributed by atoms with Crippen LogP contribution in [0.15, 0.2) is 36.5 Å². The van der Waals surface area contributed by atoms with E-state index in [0.717, 1.165) is 83.5 Å². The van der Waals surface area contributed by atoms with Crippen molar-refractivity contribution in [3.63, 3.8) is 0 Å². The highest BCUT2D eigenvalue weighted by atomic mass is 16.6.